The Morgan fingerprint density at radius 3 is 2.79 bits per heavy atom. The molecule has 0 radical (unpaired) electrons. The fourth-order valence-electron chi connectivity index (χ4n) is 2.50. The number of likely N-dealkylation sites (tertiary alicyclic amines) is 1. The number of unbranched alkanes of at least 4 members (excludes halogenated alkanes) is 1. The van der Waals surface area contributed by atoms with E-state index in [1.807, 2.05) is 11.3 Å². The molecule has 1 aliphatic rings. The Balaban J connectivity index is 1.73. The highest BCUT2D eigenvalue weighted by molar-refractivity contribution is 7.11. The van der Waals surface area contributed by atoms with E-state index in [9.17, 15) is 0 Å². The van der Waals surface area contributed by atoms with Crippen molar-refractivity contribution in [1.82, 2.24) is 15.2 Å². The fourth-order valence-corrected chi connectivity index (χ4v) is 3.44. The molecule has 2 rings (SSSR count). The maximum atomic E-state index is 4.58. The molecular weight excluding hydrogens is 254 g/mol. The largest absolute Gasteiger partial charge is 0.312 e. The third kappa shape index (κ3) is 5.59. The van der Waals surface area contributed by atoms with E-state index in [0.717, 1.165) is 19.6 Å². The van der Waals surface area contributed by atoms with Crippen LogP contribution < -0.4 is 5.32 Å². The predicted molar refractivity (Wildman–Crippen MR) is 82.5 cm³/mol. The molecule has 1 fully saturated rings. The van der Waals surface area contributed by atoms with Crippen molar-refractivity contribution in [2.24, 2.45) is 0 Å². The van der Waals surface area contributed by atoms with Crippen LogP contribution in [0.5, 0.6) is 0 Å². The first-order valence-corrected chi connectivity index (χ1v) is 8.57. The van der Waals surface area contributed by atoms with Crippen molar-refractivity contribution in [2.75, 3.05) is 19.6 Å². The zero-order chi connectivity index (χ0) is 13.3. The van der Waals surface area contributed by atoms with Gasteiger partial charge in [-0.3, -0.25) is 4.90 Å². The number of thiazole rings is 1. The van der Waals surface area contributed by atoms with Crippen LogP contribution in [0.3, 0.4) is 0 Å². The second-order valence-electron chi connectivity index (χ2n) is 5.44. The second-order valence-corrected chi connectivity index (χ2v) is 6.64. The summed E-state index contributed by atoms with van der Waals surface area (Å²) in [6, 6.07) is 0. The Morgan fingerprint density at radius 1 is 1.26 bits per heavy atom. The van der Waals surface area contributed by atoms with E-state index in [1.165, 1.54) is 61.5 Å². The fraction of sp³-hybridized carbons (Fsp3) is 0.800. The molecule has 1 aromatic heterocycles. The van der Waals surface area contributed by atoms with Crippen molar-refractivity contribution in [3.05, 3.63) is 16.1 Å². The van der Waals surface area contributed by atoms with Gasteiger partial charge in [-0.1, -0.05) is 26.2 Å². The topological polar surface area (TPSA) is 28.2 Å². The SMILES string of the molecule is CCCCNCc1cnc(CN2CCCCCC2)s1. The van der Waals surface area contributed by atoms with Crippen LogP contribution in [0.1, 0.15) is 55.3 Å². The molecular formula is C15H27N3S. The second kappa shape index (κ2) is 8.67. The summed E-state index contributed by atoms with van der Waals surface area (Å²) in [5.74, 6) is 0. The molecule has 0 spiro atoms. The quantitative estimate of drug-likeness (QED) is 0.776. The molecule has 0 bridgehead atoms. The predicted octanol–water partition coefficient (Wildman–Crippen LogP) is 3.41. The molecule has 0 saturated carbocycles. The summed E-state index contributed by atoms with van der Waals surface area (Å²) in [5, 5.41) is 4.77. The number of nitrogens with one attached hydrogen (secondary N) is 1. The third-order valence-electron chi connectivity index (χ3n) is 3.67. The molecule has 1 aromatic rings. The number of nitrogens with zero attached hydrogens (tertiary/aromatic N) is 2. The molecule has 0 amide bonds. The van der Waals surface area contributed by atoms with Gasteiger partial charge < -0.3 is 5.32 Å². The summed E-state index contributed by atoms with van der Waals surface area (Å²) >= 11 is 1.88. The van der Waals surface area contributed by atoms with Crippen molar-refractivity contribution in [3.63, 3.8) is 0 Å². The Kier molecular flexibility index (Phi) is 6.82. The van der Waals surface area contributed by atoms with Crippen LogP contribution in [-0.4, -0.2) is 29.5 Å². The molecule has 0 aliphatic carbocycles. The van der Waals surface area contributed by atoms with Crippen molar-refractivity contribution in [1.29, 1.82) is 0 Å². The lowest BCUT2D eigenvalue weighted by Gasteiger charge is -2.17. The van der Waals surface area contributed by atoms with Gasteiger partial charge in [-0.25, -0.2) is 4.98 Å². The van der Waals surface area contributed by atoms with Crippen LogP contribution >= 0.6 is 11.3 Å². The molecule has 0 unspecified atom stereocenters. The van der Waals surface area contributed by atoms with Gasteiger partial charge in [0.25, 0.3) is 0 Å². The molecule has 2 heterocycles. The van der Waals surface area contributed by atoms with Gasteiger partial charge in [-0.2, -0.15) is 0 Å². The van der Waals surface area contributed by atoms with E-state index < -0.39 is 0 Å². The normalized spacial score (nSPS) is 17.5. The van der Waals surface area contributed by atoms with Crippen LogP contribution in [0.25, 0.3) is 0 Å². The lowest BCUT2D eigenvalue weighted by molar-refractivity contribution is 0.276. The Bertz CT molecular complexity index is 343. The van der Waals surface area contributed by atoms with Gasteiger partial charge in [0, 0.05) is 17.6 Å². The molecule has 19 heavy (non-hydrogen) atoms. The van der Waals surface area contributed by atoms with Gasteiger partial charge in [-0.05, 0) is 38.9 Å². The maximum Gasteiger partial charge on any atom is 0.107 e. The van der Waals surface area contributed by atoms with Crippen LogP contribution in [0.4, 0.5) is 0 Å². The van der Waals surface area contributed by atoms with Crippen LogP contribution in [-0.2, 0) is 13.1 Å². The van der Waals surface area contributed by atoms with Crippen molar-refractivity contribution in [3.8, 4) is 0 Å². The third-order valence-corrected chi connectivity index (χ3v) is 4.65. The first-order chi connectivity index (χ1) is 9.38. The summed E-state index contributed by atoms with van der Waals surface area (Å²) in [5.41, 5.74) is 0. The summed E-state index contributed by atoms with van der Waals surface area (Å²) in [4.78, 5) is 8.52. The average molecular weight is 281 g/mol. The molecule has 1 N–H and O–H groups in total. The van der Waals surface area contributed by atoms with E-state index in [2.05, 4.69) is 28.3 Å². The maximum absolute atomic E-state index is 4.58. The van der Waals surface area contributed by atoms with Crippen LogP contribution in [0.2, 0.25) is 0 Å². The molecule has 1 saturated heterocycles. The number of aromatic nitrogens is 1. The molecule has 108 valence electrons. The number of hydrogen-bond acceptors (Lipinski definition) is 4. The van der Waals surface area contributed by atoms with E-state index in [1.54, 1.807) is 0 Å². The Labute approximate surface area is 121 Å². The van der Waals surface area contributed by atoms with E-state index in [4.69, 9.17) is 0 Å². The molecule has 0 aromatic carbocycles. The van der Waals surface area contributed by atoms with Gasteiger partial charge >= 0.3 is 0 Å². The smallest absolute Gasteiger partial charge is 0.107 e. The van der Waals surface area contributed by atoms with Gasteiger partial charge in [0.1, 0.15) is 5.01 Å². The Hall–Kier alpha value is -0.450. The zero-order valence-electron chi connectivity index (χ0n) is 12.2. The van der Waals surface area contributed by atoms with Crippen LogP contribution in [0, 0.1) is 0 Å². The minimum absolute atomic E-state index is 0.984. The van der Waals surface area contributed by atoms with Gasteiger partial charge in [-0.15, -0.1) is 11.3 Å². The van der Waals surface area contributed by atoms with Gasteiger partial charge in [0.2, 0.25) is 0 Å². The minimum Gasteiger partial charge on any atom is -0.312 e. The monoisotopic (exact) mass is 281 g/mol. The van der Waals surface area contributed by atoms with E-state index in [0.29, 0.717) is 0 Å². The summed E-state index contributed by atoms with van der Waals surface area (Å²) in [6.07, 6.45) is 10.1. The average Bonchev–Trinajstić information content (AvgIpc) is 2.69. The first-order valence-electron chi connectivity index (χ1n) is 7.75. The van der Waals surface area contributed by atoms with Gasteiger partial charge in [0.05, 0.1) is 6.54 Å². The summed E-state index contributed by atoms with van der Waals surface area (Å²) in [7, 11) is 0. The molecule has 3 nitrogen and oxygen atoms in total. The Morgan fingerprint density at radius 2 is 2.05 bits per heavy atom. The highest BCUT2D eigenvalue weighted by atomic mass is 32.1. The lowest BCUT2D eigenvalue weighted by atomic mass is 10.2. The van der Waals surface area contributed by atoms with E-state index >= 15 is 0 Å². The minimum atomic E-state index is 0.984. The lowest BCUT2D eigenvalue weighted by Crippen LogP contribution is -2.23. The first kappa shape index (κ1) is 14.9. The van der Waals surface area contributed by atoms with Crippen molar-refractivity contribution in [2.45, 2.75) is 58.5 Å². The molecule has 1 aliphatic heterocycles. The molecule has 0 atom stereocenters. The summed E-state index contributed by atoms with van der Waals surface area (Å²) in [6.45, 7) is 7.90. The number of rotatable bonds is 7. The molecule has 4 heteroatoms. The van der Waals surface area contributed by atoms with Crippen molar-refractivity contribution < 1.29 is 0 Å². The summed E-state index contributed by atoms with van der Waals surface area (Å²) < 4.78 is 0. The van der Waals surface area contributed by atoms with Crippen molar-refractivity contribution >= 4 is 11.3 Å². The van der Waals surface area contributed by atoms with Crippen LogP contribution in [0.15, 0.2) is 6.20 Å². The highest BCUT2D eigenvalue weighted by Gasteiger charge is 2.11. The standard InChI is InChI=1S/C15H27N3S/c1-2-3-8-16-11-14-12-17-15(19-14)13-18-9-6-4-5-7-10-18/h12,16H,2-11,13H2,1H3. The number of hydrogen-bond donors (Lipinski definition) is 1. The van der Waals surface area contributed by atoms with Gasteiger partial charge in [0.15, 0.2) is 0 Å². The zero-order valence-corrected chi connectivity index (χ0v) is 13.0. The van der Waals surface area contributed by atoms with E-state index in [-0.39, 0.29) is 0 Å². The highest BCUT2D eigenvalue weighted by Crippen LogP contribution is 2.17.